The molecule has 0 aliphatic carbocycles. The van der Waals surface area contributed by atoms with E-state index >= 15 is 0 Å². The van der Waals surface area contributed by atoms with Crippen LogP contribution in [0.1, 0.15) is 6.92 Å². The van der Waals surface area contributed by atoms with Crippen LogP contribution in [0.3, 0.4) is 0 Å². The fourth-order valence-corrected chi connectivity index (χ4v) is 4.24. The molecule has 0 spiro atoms. The fraction of sp³-hybridized carbons (Fsp3) is 0.0800. The second-order valence-corrected chi connectivity index (χ2v) is 8.94. The highest BCUT2D eigenvalue weighted by molar-refractivity contribution is 7.92. The third-order valence-electron chi connectivity index (χ3n) is 4.86. The Labute approximate surface area is 186 Å². The van der Waals surface area contributed by atoms with Crippen LogP contribution in [-0.4, -0.2) is 20.4 Å². The standard InChI is InChI=1S/C25H22N2O4S/c1-18(31-23-14-11-19-7-5-6-8-20(19)17-23)25(28)26-21-12-15-24(16-13-21)32(29,30)27-22-9-3-2-4-10-22/h2-18,27H,1H3,(H,26,28)/t18-/m1/s1. The van der Waals surface area contributed by atoms with Crippen LogP contribution < -0.4 is 14.8 Å². The molecule has 1 amide bonds. The highest BCUT2D eigenvalue weighted by atomic mass is 32.2. The van der Waals surface area contributed by atoms with E-state index < -0.39 is 16.1 Å². The van der Waals surface area contributed by atoms with E-state index in [4.69, 9.17) is 4.74 Å². The summed E-state index contributed by atoms with van der Waals surface area (Å²) < 4.78 is 33.3. The van der Waals surface area contributed by atoms with Gasteiger partial charge in [-0.2, -0.15) is 0 Å². The van der Waals surface area contributed by atoms with Crippen molar-refractivity contribution in [1.82, 2.24) is 0 Å². The molecule has 0 saturated carbocycles. The molecular formula is C25H22N2O4S. The van der Waals surface area contributed by atoms with Gasteiger partial charge in [-0.05, 0) is 66.2 Å². The first-order chi connectivity index (χ1) is 15.4. The van der Waals surface area contributed by atoms with Crippen LogP contribution in [0, 0.1) is 0 Å². The molecule has 4 rings (SSSR count). The molecule has 7 heteroatoms. The predicted molar refractivity (Wildman–Crippen MR) is 126 cm³/mol. The van der Waals surface area contributed by atoms with Crippen molar-refractivity contribution in [2.75, 3.05) is 10.0 Å². The number of carbonyl (C=O) groups excluding carboxylic acids is 1. The minimum Gasteiger partial charge on any atom is -0.481 e. The minimum atomic E-state index is -3.72. The first-order valence-electron chi connectivity index (χ1n) is 10.0. The Kier molecular flexibility index (Phi) is 6.09. The Morgan fingerprint density at radius 1 is 0.781 bits per heavy atom. The second-order valence-electron chi connectivity index (χ2n) is 7.25. The van der Waals surface area contributed by atoms with Gasteiger partial charge in [0.2, 0.25) is 0 Å². The molecule has 1 atom stereocenters. The number of fused-ring (bicyclic) bond motifs is 1. The van der Waals surface area contributed by atoms with Crippen LogP contribution in [0.4, 0.5) is 11.4 Å². The maximum Gasteiger partial charge on any atom is 0.265 e. The van der Waals surface area contributed by atoms with Gasteiger partial charge < -0.3 is 10.1 Å². The lowest BCUT2D eigenvalue weighted by Crippen LogP contribution is -2.30. The number of benzene rings is 4. The number of ether oxygens (including phenoxy) is 1. The van der Waals surface area contributed by atoms with Gasteiger partial charge in [0, 0.05) is 11.4 Å². The number of hydrogen-bond acceptors (Lipinski definition) is 4. The van der Waals surface area contributed by atoms with Gasteiger partial charge in [-0.3, -0.25) is 9.52 Å². The Hall–Kier alpha value is -3.84. The summed E-state index contributed by atoms with van der Waals surface area (Å²) in [6.07, 6.45) is -0.737. The first-order valence-corrected chi connectivity index (χ1v) is 11.5. The van der Waals surface area contributed by atoms with Gasteiger partial charge in [0.05, 0.1) is 4.90 Å². The zero-order chi connectivity index (χ0) is 22.6. The van der Waals surface area contributed by atoms with E-state index in [0.29, 0.717) is 17.1 Å². The predicted octanol–water partition coefficient (Wildman–Crippen LogP) is 5.05. The average molecular weight is 447 g/mol. The maximum absolute atomic E-state index is 12.5. The van der Waals surface area contributed by atoms with Gasteiger partial charge in [-0.15, -0.1) is 0 Å². The van der Waals surface area contributed by atoms with Crippen molar-refractivity contribution in [2.45, 2.75) is 17.9 Å². The Morgan fingerprint density at radius 3 is 2.16 bits per heavy atom. The van der Waals surface area contributed by atoms with E-state index in [1.807, 2.05) is 42.5 Å². The van der Waals surface area contributed by atoms with E-state index in [9.17, 15) is 13.2 Å². The number of amides is 1. The highest BCUT2D eigenvalue weighted by Gasteiger charge is 2.17. The van der Waals surface area contributed by atoms with Gasteiger partial charge in [0.1, 0.15) is 5.75 Å². The van der Waals surface area contributed by atoms with Gasteiger partial charge in [0.15, 0.2) is 6.10 Å². The highest BCUT2D eigenvalue weighted by Crippen LogP contribution is 2.22. The summed E-state index contributed by atoms with van der Waals surface area (Å²) in [6.45, 7) is 1.66. The summed E-state index contributed by atoms with van der Waals surface area (Å²) in [7, 11) is -3.72. The van der Waals surface area contributed by atoms with Crippen molar-refractivity contribution in [3.63, 3.8) is 0 Å². The van der Waals surface area contributed by atoms with E-state index in [1.54, 1.807) is 49.4 Å². The number of carbonyl (C=O) groups is 1. The van der Waals surface area contributed by atoms with Crippen molar-refractivity contribution < 1.29 is 17.9 Å². The smallest absolute Gasteiger partial charge is 0.265 e. The van der Waals surface area contributed by atoms with E-state index in [1.165, 1.54) is 12.1 Å². The lowest BCUT2D eigenvalue weighted by Gasteiger charge is -2.15. The Balaban J connectivity index is 1.39. The first kappa shape index (κ1) is 21.4. The number of para-hydroxylation sites is 1. The molecule has 0 bridgehead atoms. The van der Waals surface area contributed by atoms with Crippen LogP contribution in [0.5, 0.6) is 5.75 Å². The van der Waals surface area contributed by atoms with Gasteiger partial charge in [-0.25, -0.2) is 8.42 Å². The number of rotatable bonds is 7. The summed E-state index contributed by atoms with van der Waals surface area (Å²) >= 11 is 0. The number of nitrogens with one attached hydrogen (secondary N) is 2. The van der Waals surface area contributed by atoms with Crippen molar-refractivity contribution in [3.05, 3.63) is 97.1 Å². The summed E-state index contributed by atoms with van der Waals surface area (Å²) in [4.78, 5) is 12.6. The lowest BCUT2D eigenvalue weighted by molar-refractivity contribution is -0.122. The molecule has 162 valence electrons. The van der Waals surface area contributed by atoms with E-state index in [0.717, 1.165) is 10.8 Å². The molecule has 32 heavy (non-hydrogen) atoms. The third-order valence-corrected chi connectivity index (χ3v) is 6.26. The van der Waals surface area contributed by atoms with Gasteiger partial charge in [0.25, 0.3) is 15.9 Å². The minimum absolute atomic E-state index is 0.0971. The monoisotopic (exact) mass is 446 g/mol. The molecule has 0 aliphatic rings. The molecule has 0 unspecified atom stereocenters. The zero-order valence-electron chi connectivity index (χ0n) is 17.4. The lowest BCUT2D eigenvalue weighted by atomic mass is 10.1. The van der Waals surface area contributed by atoms with Crippen molar-refractivity contribution >= 4 is 38.1 Å². The van der Waals surface area contributed by atoms with Crippen molar-refractivity contribution in [2.24, 2.45) is 0 Å². The summed E-state index contributed by atoms with van der Waals surface area (Å²) in [6, 6.07) is 28.2. The molecule has 0 fully saturated rings. The Bertz CT molecular complexity index is 1340. The number of sulfonamides is 1. The zero-order valence-corrected chi connectivity index (χ0v) is 18.2. The van der Waals surface area contributed by atoms with Crippen molar-refractivity contribution in [1.29, 1.82) is 0 Å². The fourth-order valence-electron chi connectivity index (χ4n) is 3.18. The third kappa shape index (κ3) is 5.07. The SMILES string of the molecule is C[C@@H](Oc1ccc2ccccc2c1)C(=O)Nc1ccc(S(=O)(=O)Nc2ccccc2)cc1. The van der Waals surface area contributed by atoms with Crippen molar-refractivity contribution in [3.8, 4) is 5.75 Å². The van der Waals surface area contributed by atoms with Crippen LogP contribution in [0.15, 0.2) is 102 Å². The van der Waals surface area contributed by atoms with Crippen LogP contribution >= 0.6 is 0 Å². The molecule has 0 aliphatic heterocycles. The molecular weight excluding hydrogens is 424 g/mol. The second kappa shape index (κ2) is 9.11. The number of anilines is 2. The summed E-state index contributed by atoms with van der Waals surface area (Å²) in [5, 5.41) is 4.87. The molecule has 2 N–H and O–H groups in total. The normalized spacial score (nSPS) is 12.2. The quantitative estimate of drug-likeness (QED) is 0.416. The largest absolute Gasteiger partial charge is 0.481 e. The summed E-state index contributed by atoms with van der Waals surface area (Å²) in [5.74, 6) is 0.260. The van der Waals surface area contributed by atoms with Gasteiger partial charge in [-0.1, -0.05) is 48.5 Å². The molecule has 4 aromatic rings. The van der Waals surface area contributed by atoms with Crippen LogP contribution in [0.25, 0.3) is 10.8 Å². The molecule has 0 heterocycles. The molecule has 0 saturated heterocycles. The van der Waals surface area contributed by atoms with E-state index in [-0.39, 0.29) is 10.8 Å². The van der Waals surface area contributed by atoms with Crippen LogP contribution in [-0.2, 0) is 14.8 Å². The van der Waals surface area contributed by atoms with Crippen LogP contribution in [0.2, 0.25) is 0 Å². The molecule has 6 nitrogen and oxygen atoms in total. The molecule has 0 radical (unpaired) electrons. The number of hydrogen-bond donors (Lipinski definition) is 2. The van der Waals surface area contributed by atoms with Gasteiger partial charge >= 0.3 is 0 Å². The molecule has 4 aromatic carbocycles. The van der Waals surface area contributed by atoms with E-state index in [2.05, 4.69) is 10.0 Å². The topological polar surface area (TPSA) is 84.5 Å². The Morgan fingerprint density at radius 2 is 1.44 bits per heavy atom. The maximum atomic E-state index is 12.5. The molecule has 0 aromatic heterocycles. The summed E-state index contributed by atoms with van der Waals surface area (Å²) in [5.41, 5.74) is 0.951. The average Bonchev–Trinajstić information content (AvgIpc) is 2.79.